The SMILES string of the molecule is Cc1ccc(S(=O)(=O)N(CC(=O)N/N=C\c2cccc3ccccc23)Cc2c(Cl)cccc2Cl)cc1. The molecule has 0 aliphatic rings. The van der Waals surface area contributed by atoms with Crippen molar-refractivity contribution in [3.8, 4) is 0 Å². The molecule has 0 atom stereocenters. The Balaban J connectivity index is 1.58. The molecule has 0 bridgehead atoms. The fraction of sp³-hybridized carbons (Fsp3) is 0.111. The predicted octanol–water partition coefficient (Wildman–Crippen LogP) is 5.80. The van der Waals surface area contributed by atoms with Crippen molar-refractivity contribution >= 4 is 56.1 Å². The van der Waals surface area contributed by atoms with Gasteiger partial charge in [-0.25, -0.2) is 13.8 Å². The van der Waals surface area contributed by atoms with Crippen LogP contribution in [0.2, 0.25) is 10.0 Å². The van der Waals surface area contributed by atoms with E-state index in [0.717, 1.165) is 26.2 Å². The minimum Gasteiger partial charge on any atom is -0.272 e. The number of hydrogen-bond acceptors (Lipinski definition) is 4. The zero-order valence-corrected chi connectivity index (χ0v) is 21.7. The Kier molecular flexibility index (Phi) is 8.06. The molecule has 6 nitrogen and oxygen atoms in total. The second kappa shape index (κ2) is 11.2. The van der Waals surface area contributed by atoms with Gasteiger partial charge in [-0.1, -0.05) is 89.4 Å². The van der Waals surface area contributed by atoms with Crippen LogP contribution in [0, 0.1) is 6.92 Å². The summed E-state index contributed by atoms with van der Waals surface area (Å²) < 4.78 is 28.0. The molecular weight excluding hydrogens is 517 g/mol. The number of benzene rings is 4. The second-order valence-corrected chi connectivity index (χ2v) is 10.9. The quantitative estimate of drug-likeness (QED) is 0.227. The van der Waals surface area contributed by atoms with Gasteiger partial charge in [-0.15, -0.1) is 0 Å². The minimum atomic E-state index is -4.05. The molecule has 0 heterocycles. The van der Waals surface area contributed by atoms with Crippen LogP contribution in [0.5, 0.6) is 0 Å². The average molecular weight is 540 g/mol. The van der Waals surface area contributed by atoms with Gasteiger partial charge in [-0.05, 0) is 42.0 Å². The Morgan fingerprint density at radius 2 is 1.56 bits per heavy atom. The number of carbonyl (C=O) groups excluding carboxylic acids is 1. The molecule has 1 amide bonds. The number of hydrogen-bond donors (Lipinski definition) is 1. The van der Waals surface area contributed by atoms with Crippen molar-refractivity contribution in [2.24, 2.45) is 5.10 Å². The van der Waals surface area contributed by atoms with E-state index in [2.05, 4.69) is 10.5 Å². The number of aryl methyl sites for hydroxylation is 1. The third-order valence-electron chi connectivity index (χ3n) is 5.59. The Bertz CT molecular complexity index is 1510. The van der Waals surface area contributed by atoms with Gasteiger partial charge in [0.1, 0.15) is 0 Å². The molecule has 0 aliphatic carbocycles. The lowest BCUT2D eigenvalue weighted by molar-refractivity contribution is -0.121. The summed E-state index contributed by atoms with van der Waals surface area (Å²) in [6.45, 7) is 1.19. The summed E-state index contributed by atoms with van der Waals surface area (Å²) in [5, 5.41) is 6.69. The minimum absolute atomic E-state index is 0.0586. The molecule has 184 valence electrons. The van der Waals surface area contributed by atoms with E-state index in [9.17, 15) is 13.2 Å². The Morgan fingerprint density at radius 1 is 0.917 bits per heavy atom. The predicted molar refractivity (Wildman–Crippen MR) is 145 cm³/mol. The van der Waals surface area contributed by atoms with Crippen molar-refractivity contribution in [3.63, 3.8) is 0 Å². The molecule has 1 N–H and O–H groups in total. The van der Waals surface area contributed by atoms with Crippen molar-refractivity contribution < 1.29 is 13.2 Å². The smallest absolute Gasteiger partial charge is 0.255 e. The standard InChI is InChI=1S/C27H23Cl2N3O3S/c1-19-12-14-22(15-13-19)36(34,35)32(17-24-25(28)10-5-11-26(24)29)18-27(33)31-30-16-21-8-4-7-20-6-2-3-9-23(20)21/h2-16H,17-18H2,1H3,(H,31,33)/b30-16-. The Labute approximate surface area is 220 Å². The number of hydrazone groups is 1. The van der Waals surface area contributed by atoms with Gasteiger partial charge in [0.15, 0.2) is 0 Å². The first-order valence-electron chi connectivity index (χ1n) is 11.0. The first-order valence-corrected chi connectivity index (χ1v) is 13.2. The van der Waals surface area contributed by atoms with Crippen molar-refractivity contribution in [2.45, 2.75) is 18.4 Å². The summed E-state index contributed by atoms with van der Waals surface area (Å²) in [5.41, 5.74) is 4.57. The van der Waals surface area contributed by atoms with Gasteiger partial charge in [0.05, 0.1) is 17.7 Å². The number of nitrogens with zero attached hydrogens (tertiary/aromatic N) is 2. The highest BCUT2D eigenvalue weighted by molar-refractivity contribution is 7.89. The first-order chi connectivity index (χ1) is 17.3. The third kappa shape index (κ3) is 5.94. The van der Waals surface area contributed by atoms with Crippen LogP contribution in [0.3, 0.4) is 0 Å². The summed E-state index contributed by atoms with van der Waals surface area (Å²) in [7, 11) is -4.05. The highest BCUT2D eigenvalue weighted by Crippen LogP contribution is 2.28. The molecule has 4 aromatic rings. The van der Waals surface area contributed by atoms with E-state index in [4.69, 9.17) is 23.2 Å². The fourth-order valence-electron chi connectivity index (χ4n) is 3.68. The van der Waals surface area contributed by atoms with Gasteiger partial charge >= 0.3 is 0 Å². The number of halogens is 2. The Hall–Kier alpha value is -3.23. The molecule has 0 spiro atoms. The molecule has 0 aromatic heterocycles. The summed E-state index contributed by atoms with van der Waals surface area (Å²) in [5.74, 6) is -0.606. The summed E-state index contributed by atoms with van der Waals surface area (Å²) in [6, 6.07) is 24.9. The zero-order chi connectivity index (χ0) is 25.7. The van der Waals surface area contributed by atoms with Crippen LogP contribution in [0.1, 0.15) is 16.7 Å². The molecule has 9 heteroatoms. The zero-order valence-electron chi connectivity index (χ0n) is 19.4. The first kappa shape index (κ1) is 25.9. The van der Waals surface area contributed by atoms with E-state index in [-0.39, 0.29) is 11.4 Å². The Morgan fingerprint density at radius 3 is 2.28 bits per heavy atom. The molecular formula is C27H23Cl2N3O3S. The van der Waals surface area contributed by atoms with Crippen LogP contribution in [-0.4, -0.2) is 31.4 Å². The van der Waals surface area contributed by atoms with E-state index >= 15 is 0 Å². The van der Waals surface area contributed by atoms with Crippen LogP contribution in [-0.2, 0) is 21.4 Å². The number of rotatable bonds is 8. The number of sulfonamides is 1. The van der Waals surface area contributed by atoms with Crippen molar-refractivity contribution in [1.29, 1.82) is 0 Å². The lowest BCUT2D eigenvalue weighted by atomic mass is 10.1. The maximum atomic E-state index is 13.5. The third-order valence-corrected chi connectivity index (χ3v) is 8.11. The summed E-state index contributed by atoms with van der Waals surface area (Å²) in [6.07, 6.45) is 1.53. The van der Waals surface area contributed by atoms with Crippen molar-refractivity contribution in [1.82, 2.24) is 9.73 Å². The van der Waals surface area contributed by atoms with E-state index in [1.165, 1.54) is 18.3 Å². The van der Waals surface area contributed by atoms with Gasteiger partial charge in [0.2, 0.25) is 10.0 Å². The average Bonchev–Trinajstić information content (AvgIpc) is 2.86. The highest BCUT2D eigenvalue weighted by atomic mass is 35.5. The van der Waals surface area contributed by atoms with Crippen LogP contribution >= 0.6 is 23.2 Å². The maximum Gasteiger partial charge on any atom is 0.255 e. The summed E-state index contributed by atoms with van der Waals surface area (Å²) >= 11 is 12.6. The second-order valence-electron chi connectivity index (χ2n) is 8.15. The van der Waals surface area contributed by atoms with E-state index in [1.807, 2.05) is 49.4 Å². The van der Waals surface area contributed by atoms with Gasteiger partial charge in [0, 0.05) is 27.7 Å². The largest absolute Gasteiger partial charge is 0.272 e. The normalized spacial score (nSPS) is 11.9. The molecule has 36 heavy (non-hydrogen) atoms. The number of amides is 1. The maximum absolute atomic E-state index is 13.5. The fourth-order valence-corrected chi connectivity index (χ4v) is 5.56. The molecule has 4 aromatic carbocycles. The van der Waals surface area contributed by atoms with Crippen LogP contribution in [0.4, 0.5) is 0 Å². The molecule has 0 saturated heterocycles. The summed E-state index contributed by atoms with van der Waals surface area (Å²) in [4.78, 5) is 12.9. The lowest BCUT2D eigenvalue weighted by Crippen LogP contribution is -2.39. The van der Waals surface area contributed by atoms with Gasteiger partial charge < -0.3 is 0 Å². The molecule has 0 aliphatic heterocycles. The molecule has 0 radical (unpaired) electrons. The lowest BCUT2D eigenvalue weighted by Gasteiger charge is -2.22. The topological polar surface area (TPSA) is 78.8 Å². The van der Waals surface area contributed by atoms with Gasteiger partial charge in [-0.2, -0.15) is 9.41 Å². The van der Waals surface area contributed by atoms with E-state index < -0.39 is 22.5 Å². The number of carbonyl (C=O) groups is 1. The van der Waals surface area contributed by atoms with Crippen LogP contribution in [0.15, 0.2) is 94.9 Å². The number of fused-ring (bicyclic) bond motifs is 1. The van der Waals surface area contributed by atoms with Crippen molar-refractivity contribution in [3.05, 3.63) is 112 Å². The molecule has 0 saturated carbocycles. The monoisotopic (exact) mass is 539 g/mol. The van der Waals surface area contributed by atoms with Crippen LogP contribution < -0.4 is 5.43 Å². The molecule has 0 unspecified atom stereocenters. The number of nitrogens with one attached hydrogen (secondary N) is 1. The molecule has 4 rings (SSSR count). The van der Waals surface area contributed by atoms with E-state index in [0.29, 0.717) is 15.6 Å². The molecule has 0 fully saturated rings. The van der Waals surface area contributed by atoms with Gasteiger partial charge in [0.25, 0.3) is 5.91 Å². The van der Waals surface area contributed by atoms with Crippen LogP contribution in [0.25, 0.3) is 10.8 Å². The highest BCUT2D eigenvalue weighted by Gasteiger charge is 2.28. The van der Waals surface area contributed by atoms with Gasteiger partial charge in [-0.3, -0.25) is 4.79 Å². The van der Waals surface area contributed by atoms with E-state index in [1.54, 1.807) is 30.3 Å². The van der Waals surface area contributed by atoms with Crippen molar-refractivity contribution in [2.75, 3.05) is 6.54 Å².